The number of nitrogens with zero attached hydrogens (tertiary/aromatic N) is 3. The SMILES string of the molecule is CC(C)(C)c1cc(C=Nc2c(-c3nc4c(-c5cncc6ccccc56)cc(C(C)(C)C)cc4s3)ccc3ccccc23)c(O)c(C(C)(C)C)c1. The van der Waals surface area contributed by atoms with Crippen LogP contribution in [0.25, 0.3) is 53.5 Å². The highest BCUT2D eigenvalue weighted by atomic mass is 32.1. The van der Waals surface area contributed by atoms with Crippen molar-refractivity contribution in [2.45, 2.75) is 78.6 Å². The van der Waals surface area contributed by atoms with Crippen molar-refractivity contribution in [3.63, 3.8) is 0 Å². The van der Waals surface area contributed by atoms with Gasteiger partial charge in [0.1, 0.15) is 10.8 Å². The second kappa shape index (κ2) is 12.2. The van der Waals surface area contributed by atoms with E-state index in [1.165, 1.54) is 5.56 Å². The Hall–Kier alpha value is -4.87. The number of pyridine rings is 1. The third-order valence-electron chi connectivity index (χ3n) is 9.60. The van der Waals surface area contributed by atoms with Crippen molar-refractivity contribution in [3.05, 3.63) is 120 Å². The molecule has 0 saturated carbocycles. The number of rotatable bonds is 4. The first-order valence-electron chi connectivity index (χ1n) is 17.3. The fourth-order valence-corrected chi connectivity index (χ4v) is 7.63. The van der Waals surface area contributed by atoms with Crippen molar-refractivity contribution in [1.29, 1.82) is 0 Å². The molecule has 0 saturated heterocycles. The molecule has 1 N–H and O–H groups in total. The number of aromatic nitrogens is 2. The average molecular weight is 676 g/mol. The van der Waals surface area contributed by atoms with Crippen molar-refractivity contribution in [1.82, 2.24) is 9.97 Å². The van der Waals surface area contributed by atoms with E-state index < -0.39 is 0 Å². The topological polar surface area (TPSA) is 58.4 Å². The Balaban J connectivity index is 1.47. The first kappa shape index (κ1) is 33.6. The van der Waals surface area contributed by atoms with Gasteiger partial charge in [0, 0.05) is 57.2 Å². The van der Waals surface area contributed by atoms with Gasteiger partial charge in [-0.15, -0.1) is 11.3 Å². The molecule has 0 spiro atoms. The van der Waals surface area contributed by atoms with Crippen molar-refractivity contribution < 1.29 is 5.11 Å². The van der Waals surface area contributed by atoms with Crippen LogP contribution in [0.2, 0.25) is 0 Å². The second-order valence-electron chi connectivity index (χ2n) is 16.5. The number of hydrogen-bond acceptors (Lipinski definition) is 5. The molecule has 0 aliphatic rings. The summed E-state index contributed by atoms with van der Waals surface area (Å²) in [4.78, 5) is 15.2. The average Bonchev–Trinajstić information content (AvgIpc) is 3.50. The van der Waals surface area contributed by atoms with E-state index in [9.17, 15) is 5.11 Å². The quantitative estimate of drug-likeness (QED) is 0.189. The highest BCUT2D eigenvalue weighted by Crippen LogP contribution is 2.45. The Bertz CT molecular complexity index is 2440. The lowest BCUT2D eigenvalue weighted by Crippen LogP contribution is -2.17. The Kier molecular flexibility index (Phi) is 8.18. The zero-order chi connectivity index (χ0) is 35.6. The summed E-state index contributed by atoms with van der Waals surface area (Å²) >= 11 is 1.70. The predicted octanol–water partition coefficient (Wildman–Crippen LogP) is 12.7. The number of phenols is 1. The summed E-state index contributed by atoms with van der Waals surface area (Å²) in [5.74, 6) is 0.277. The third-order valence-corrected chi connectivity index (χ3v) is 10.6. The van der Waals surface area contributed by atoms with Crippen LogP contribution < -0.4 is 0 Å². The number of benzene rings is 5. The largest absolute Gasteiger partial charge is 0.507 e. The summed E-state index contributed by atoms with van der Waals surface area (Å²) in [6, 6.07) is 29.9. The van der Waals surface area contributed by atoms with Crippen molar-refractivity contribution >= 4 is 55.0 Å². The van der Waals surface area contributed by atoms with Gasteiger partial charge < -0.3 is 5.11 Å². The highest BCUT2D eigenvalue weighted by Gasteiger charge is 2.25. The van der Waals surface area contributed by atoms with Crippen LogP contribution in [0.5, 0.6) is 5.75 Å². The molecule has 5 heteroatoms. The van der Waals surface area contributed by atoms with E-state index in [0.717, 1.165) is 70.3 Å². The van der Waals surface area contributed by atoms with Crippen LogP contribution in [0.3, 0.4) is 0 Å². The monoisotopic (exact) mass is 675 g/mol. The van der Waals surface area contributed by atoms with Gasteiger partial charge in [-0.25, -0.2) is 4.98 Å². The third kappa shape index (κ3) is 6.20. The molecule has 7 rings (SSSR count). The van der Waals surface area contributed by atoms with Crippen molar-refractivity contribution in [2.75, 3.05) is 0 Å². The minimum absolute atomic E-state index is 0.0565. The van der Waals surface area contributed by atoms with Crippen LogP contribution in [-0.4, -0.2) is 21.3 Å². The second-order valence-corrected chi connectivity index (χ2v) is 17.5. The van der Waals surface area contributed by atoms with E-state index in [1.807, 2.05) is 18.6 Å². The fraction of sp³-hybridized carbons (Fsp3) is 0.267. The maximum atomic E-state index is 11.6. The van der Waals surface area contributed by atoms with Gasteiger partial charge in [0.25, 0.3) is 0 Å². The van der Waals surface area contributed by atoms with Crippen molar-refractivity contribution in [2.24, 2.45) is 4.99 Å². The van der Waals surface area contributed by atoms with Crippen LogP contribution in [0.15, 0.2) is 102 Å². The highest BCUT2D eigenvalue weighted by molar-refractivity contribution is 7.21. The standard InChI is InChI=1S/C45H45N3OS/c1-43(2,3)30-20-29(41(49)37(22-30)45(7,8)9)25-47-39-33-17-13-10-14-27(33)18-19-34(39)42-48-40-35(21-31(44(4,5)6)23-38(40)50-42)36-26-46-24-28-15-11-12-16-32(28)36/h10-26,49H,1-9H3. The molecular weight excluding hydrogens is 631 g/mol. The van der Waals surface area contributed by atoms with Crippen molar-refractivity contribution in [3.8, 4) is 27.4 Å². The molecule has 0 amide bonds. The van der Waals surface area contributed by atoms with Crippen LogP contribution in [0, 0.1) is 0 Å². The smallest absolute Gasteiger partial charge is 0.128 e. The molecular formula is C45H45N3OS. The number of phenolic OH excluding ortho intramolecular Hbond substituents is 1. The number of aromatic hydroxyl groups is 1. The molecule has 252 valence electrons. The molecule has 0 fully saturated rings. The van der Waals surface area contributed by atoms with E-state index in [1.54, 1.807) is 11.3 Å². The fourth-order valence-electron chi connectivity index (χ4n) is 6.58. The molecule has 0 radical (unpaired) electrons. The summed E-state index contributed by atoms with van der Waals surface area (Å²) in [7, 11) is 0. The maximum Gasteiger partial charge on any atom is 0.128 e. The van der Waals surface area contributed by atoms with Gasteiger partial charge in [-0.2, -0.15) is 0 Å². The summed E-state index contributed by atoms with van der Waals surface area (Å²) in [6.45, 7) is 19.8. The lowest BCUT2D eigenvalue weighted by molar-refractivity contribution is 0.444. The molecule has 50 heavy (non-hydrogen) atoms. The van der Waals surface area contributed by atoms with Gasteiger partial charge in [-0.05, 0) is 62.4 Å². The number of thiazole rings is 1. The number of fused-ring (bicyclic) bond motifs is 3. The van der Waals surface area contributed by atoms with Gasteiger partial charge in [0.15, 0.2) is 0 Å². The Morgan fingerprint density at radius 1 is 0.640 bits per heavy atom. The summed E-state index contributed by atoms with van der Waals surface area (Å²) in [6.07, 6.45) is 5.73. The zero-order valence-corrected chi connectivity index (χ0v) is 31.3. The van der Waals surface area contributed by atoms with E-state index in [0.29, 0.717) is 5.56 Å². The molecule has 7 aromatic rings. The van der Waals surface area contributed by atoms with Crippen LogP contribution in [-0.2, 0) is 16.2 Å². The Morgan fingerprint density at radius 3 is 2.00 bits per heavy atom. The molecule has 0 aliphatic heterocycles. The minimum atomic E-state index is -0.233. The molecule has 2 heterocycles. The Labute approximate surface area is 299 Å². The van der Waals surface area contributed by atoms with Crippen LogP contribution in [0.1, 0.15) is 84.6 Å². The zero-order valence-electron chi connectivity index (χ0n) is 30.5. The van der Waals surface area contributed by atoms with E-state index >= 15 is 0 Å². The summed E-state index contributed by atoms with van der Waals surface area (Å²) in [5, 5.41) is 16.9. The van der Waals surface area contributed by atoms with E-state index in [2.05, 4.69) is 152 Å². The predicted molar refractivity (Wildman–Crippen MR) is 215 cm³/mol. The molecule has 0 unspecified atom stereocenters. The van der Waals surface area contributed by atoms with E-state index in [-0.39, 0.29) is 22.0 Å². The number of aliphatic imine (C=N–C) groups is 1. The maximum absolute atomic E-state index is 11.6. The van der Waals surface area contributed by atoms with Gasteiger partial charge in [0.2, 0.25) is 0 Å². The molecule has 0 aliphatic carbocycles. The molecule has 0 bridgehead atoms. The molecule has 0 atom stereocenters. The molecule has 4 nitrogen and oxygen atoms in total. The Morgan fingerprint density at radius 2 is 1.30 bits per heavy atom. The first-order chi connectivity index (χ1) is 23.6. The lowest BCUT2D eigenvalue weighted by atomic mass is 9.79. The molecule has 2 aromatic heterocycles. The normalized spacial score (nSPS) is 12.9. The molecule has 5 aromatic carbocycles. The van der Waals surface area contributed by atoms with E-state index in [4.69, 9.17) is 9.98 Å². The van der Waals surface area contributed by atoms with Gasteiger partial charge in [-0.3, -0.25) is 9.98 Å². The van der Waals surface area contributed by atoms with Gasteiger partial charge in [-0.1, -0.05) is 123 Å². The van der Waals surface area contributed by atoms with Gasteiger partial charge >= 0.3 is 0 Å². The first-order valence-corrected chi connectivity index (χ1v) is 18.1. The van der Waals surface area contributed by atoms with Crippen LogP contribution in [0.4, 0.5) is 5.69 Å². The lowest BCUT2D eigenvalue weighted by Gasteiger charge is -2.27. The number of hydrogen-bond donors (Lipinski definition) is 1. The summed E-state index contributed by atoms with van der Waals surface area (Å²) in [5.41, 5.74) is 8.59. The summed E-state index contributed by atoms with van der Waals surface area (Å²) < 4.78 is 1.13. The minimum Gasteiger partial charge on any atom is -0.507 e. The van der Waals surface area contributed by atoms with Crippen LogP contribution >= 0.6 is 11.3 Å². The van der Waals surface area contributed by atoms with Gasteiger partial charge in [0.05, 0.1) is 15.9 Å².